The maximum absolute atomic E-state index is 9.05. The van der Waals surface area contributed by atoms with Crippen LogP contribution in [0.25, 0.3) is 17.2 Å². The second-order valence-corrected chi connectivity index (χ2v) is 3.75. The third kappa shape index (κ3) is 2.05. The SMILES string of the molecule is N#Cc1ccccc1-n1nnc(-c2ccccn2)n1. The van der Waals surface area contributed by atoms with E-state index in [1.807, 2.05) is 18.2 Å². The quantitative estimate of drug-likeness (QED) is 0.688. The van der Waals surface area contributed by atoms with Crippen LogP contribution < -0.4 is 0 Å². The van der Waals surface area contributed by atoms with Crippen molar-refractivity contribution in [2.45, 2.75) is 0 Å². The zero-order valence-corrected chi connectivity index (χ0v) is 9.80. The maximum atomic E-state index is 9.05. The summed E-state index contributed by atoms with van der Waals surface area (Å²) < 4.78 is 0. The number of para-hydroxylation sites is 1. The Morgan fingerprint density at radius 3 is 2.68 bits per heavy atom. The van der Waals surface area contributed by atoms with Gasteiger partial charge in [0, 0.05) is 6.20 Å². The zero-order chi connectivity index (χ0) is 13.1. The molecule has 90 valence electrons. The van der Waals surface area contributed by atoms with E-state index in [0.717, 1.165) is 0 Å². The third-order valence-electron chi connectivity index (χ3n) is 2.55. The lowest BCUT2D eigenvalue weighted by atomic mass is 10.2. The fraction of sp³-hybridized carbons (Fsp3) is 0. The van der Waals surface area contributed by atoms with Crippen molar-refractivity contribution in [2.75, 3.05) is 0 Å². The summed E-state index contributed by atoms with van der Waals surface area (Å²) in [6.07, 6.45) is 1.67. The lowest BCUT2D eigenvalue weighted by Gasteiger charge is -1.99. The number of rotatable bonds is 2. The fourth-order valence-electron chi connectivity index (χ4n) is 1.66. The normalized spacial score (nSPS) is 10.1. The van der Waals surface area contributed by atoms with Crippen molar-refractivity contribution < 1.29 is 0 Å². The van der Waals surface area contributed by atoms with Crippen LogP contribution in [0.1, 0.15) is 5.56 Å². The van der Waals surface area contributed by atoms with Crippen molar-refractivity contribution in [1.82, 2.24) is 25.2 Å². The molecule has 0 amide bonds. The summed E-state index contributed by atoms with van der Waals surface area (Å²) in [6.45, 7) is 0. The van der Waals surface area contributed by atoms with Gasteiger partial charge in [-0.2, -0.15) is 5.26 Å². The van der Waals surface area contributed by atoms with Gasteiger partial charge in [-0.3, -0.25) is 4.98 Å². The van der Waals surface area contributed by atoms with Gasteiger partial charge in [0.05, 0.1) is 5.56 Å². The van der Waals surface area contributed by atoms with Crippen molar-refractivity contribution in [1.29, 1.82) is 5.26 Å². The Morgan fingerprint density at radius 1 is 1.05 bits per heavy atom. The molecule has 0 fully saturated rings. The van der Waals surface area contributed by atoms with Gasteiger partial charge < -0.3 is 0 Å². The molecule has 0 bridgehead atoms. The molecule has 1 aromatic carbocycles. The first-order chi connectivity index (χ1) is 9.38. The van der Waals surface area contributed by atoms with E-state index in [-0.39, 0.29) is 0 Å². The molecule has 19 heavy (non-hydrogen) atoms. The van der Waals surface area contributed by atoms with E-state index in [4.69, 9.17) is 5.26 Å². The van der Waals surface area contributed by atoms with Crippen LogP contribution in [-0.4, -0.2) is 25.2 Å². The number of pyridine rings is 1. The molecule has 0 unspecified atom stereocenters. The van der Waals surface area contributed by atoms with E-state index in [1.165, 1.54) is 4.80 Å². The molecule has 0 atom stereocenters. The highest BCUT2D eigenvalue weighted by molar-refractivity contribution is 5.50. The standard InChI is InChI=1S/C13H8N6/c14-9-10-5-1-2-7-12(10)19-17-13(16-18-19)11-6-3-4-8-15-11/h1-8H. The van der Waals surface area contributed by atoms with E-state index in [1.54, 1.807) is 30.5 Å². The molecule has 0 saturated carbocycles. The minimum absolute atomic E-state index is 0.424. The van der Waals surface area contributed by atoms with Gasteiger partial charge >= 0.3 is 0 Å². The highest BCUT2D eigenvalue weighted by Gasteiger charge is 2.10. The summed E-state index contributed by atoms with van der Waals surface area (Å²) >= 11 is 0. The summed E-state index contributed by atoms with van der Waals surface area (Å²) in [7, 11) is 0. The first kappa shape index (κ1) is 11.0. The van der Waals surface area contributed by atoms with Crippen molar-refractivity contribution in [3.8, 4) is 23.3 Å². The second-order valence-electron chi connectivity index (χ2n) is 3.75. The minimum Gasteiger partial charge on any atom is -0.253 e. The van der Waals surface area contributed by atoms with Gasteiger partial charge in [0.15, 0.2) is 0 Å². The van der Waals surface area contributed by atoms with Crippen LogP contribution in [0.15, 0.2) is 48.7 Å². The van der Waals surface area contributed by atoms with Crippen molar-refractivity contribution >= 4 is 0 Å². The molecule has 0 N–H and O–H groups in total. The molecular weight excluding hydrogens is 240 g/mol. The molecule has 0 aliphatic rings. The van der Waals surface area contributed by atoms with Gasteiger partial charge in [-0.05, 0) is 29.5 Å². The Morgan fingerprint density at radius 2 is 1.89 bits per heavy atom. The van der Waals surface area contributed by atoms with Crippen molar-refractivity contribution in [2.24, 2.45) is 0 Å². The van der Waals surface area contributed by atoms with Crippen LogP contribution in [0.5, 0.6) is 0 Å². The molecule has 2 aromatic heterocycles. The average molecular weight is 248 g/mol. The predicted molar refractivity (Wildman–Crippen MR) is 67.1 cm³/mol. The van der Waals surface area contributed by atoms with Crippen LogP contribution in [0.3, 0.4) is 0 Å². The van der Waals surface area contributed by atoms with E-state index >= 15 is 0 Å². The topological polar surface area (TPSA) is 80.3 Å². The number of nitriles is 1. The van der Waals surface area contributed by atoms with E-state index in [0.29, 0.717) is 22.8 Å². The molecule has 0 aliphatic heterocycles. The Hall–Kier alpha value is -3.07. The number of hydrogen-bond donors (Lipinski definition) is 0. The molecule has 6 nitrogen and oxygen atoms in total. The smallest absolute Gasteiger partial charge is 0.223 e. The summed E-state index contributed by atoms with van der Waals surface area (Å²) in [6, 6.07) is 14.7. The van der Waals surface area contributed by atoms with Crippen LogP contribution in [0.4, 0.5) is 0 Å². The molecular formula is C13H8N6. The monoisotopic (exact) mass is 248 g/mol. The van der Waals surface area contributed by atoms with Crippen LogP contribution >= 0.6 is 0 Å². The predicted octanol–water partition coefficient (Wildman–Crippen LogP) is 1.60. The molecule has 0 spiro atoms. The van der Waals surface area contributed by atoms with Gasteiger partial charge in [-0.1, -0.05) is 18.2 Å². The Bertz CT molecular complexity index is 741. The van der Waals surface area contributed by atoms with Gasteiger partial charge in [0.2, 0.25) is 5.82 Å². The van der Waals surface area contributed by atoms with E-state index in [2.05, 4.69) is 26.5 Å². The Labute approximate surface area is 109 Å². The number of benzene rings is 1. The highest BCUT2D eigenvalue weighted by Crippen LogP contribution is 2.14. The summed E-state index contributed by atoms with van der Waals surface area (Å²) in [5.41, 5.74) is 1.73. The van der Waals surface area contributed by atoms with Gasteiger partial charge in [0.25, 0.3) is 0 Å². The minimum atomic E-state index is 0.424. The summed E-state index contributed by atoms with van der Waals surface area (Å²) in [5.74, 6) is 0.424. The van der Waals surface area contributed by atoms with Crippen molar-refractivity contribution in [3.63, 3.8) is 0 Å². The molecule has 6 heteroatoms. The van der Waals surface area contributed by atoms with E-state index in [9.17, 15) is 0 Å². The first-order valence-corrected chi connectivity index (χ1v) is 5.59. The second kappa shape index (κ2) is 4.66. The lowest BCUT2D eigenvalue weighted by molar-refractivity contribution is 0.718. The van der Waals surface area contributed by atoms with Crippen LogP contribution in [0, 0.1) is 11.3 Å². The Kier molecular flexibility index (Phi) is 2.71. The maximum Gasteiger partial charge on any atom is 0.223 e. The highest BCUT2D eigenvalue weighted by atomic mass is 15.6. The number of hydrogen-bond acceptors (Lipinski definition) is 5. The molecule has 0 radical (unpaired) electrons. The zero-order valence-electron chi connectivity index (χ0n) is 9.80. The fourth-order valence-corrected chi connectivity index (χ4v) is 1.66. The largest absolute Gasteiger partial charge is 0.253 e. The lowest BCUT2D eigenvalue weighted by Crippen LogP contribution is -2.01. The van der Waals surface area contributed by atoms with Gasteiger partial charge in [0.1, 0.15) is 17.5 Å². The molecule has 3 aromatic rings. The summed E-state index contributed by atoms with van der Waals surface area (Å²) in [5, 5.41) is 21.2. The van der Waals surface area contributed by atoms with Crippen LogP contribution in [-0.2, 0) is 0 Å². The Balaban J connectivity index is 2.05. The number of tetrazole rings is 1. The first-order valence-electron chi connectivity index (χ1n) is 5.59. The average Bonchev–Trinajstić information content (AvgIpc) is 2.98. The van der Waals surface area contributed by atoms with Gasteiger partial charge in [-0.15, -0.1) is 15.0 Å². The van der Waals surface area contributed by atoms with Gasteiger partial charge in [-0.25, -0.2) is 0 Å². The van der Waals surface area contributed by atoms with E-state index < -0.39 is 0 Å². The molecule has 2 heterocycles. The molecule has 0 aliphatic carbocycles. The number of aromatic nitrogens is 5. The molecule has 0 saturated heterocycles. The molecule has 3 rings (SSSR count). The summed E-state index contributed by atoms with van der Waals surface area (Å²) in [4.78, 5) is 5.49. The number of nitrogens with zero attached hydrogens (tertiary/aromatic N) is 6. The van der Waals surface area contributed by atoms with Crippen LogP contribution in [0.2, 0.25) is 0 Å². The van der Waals surface area contributed by atoms with Crippen molar-refractivity contribution in [3.05, 3.63) is 54.2 Å². The third-order valence-corrected chi connectivity index (χ3v) is 2.55.